The second-order valence-corrected chi connectivity index (χ2v) is 3.03. The van der Waals surface area contributed by atoms with Gasteiger partial charge in [-0.15, -0.1) is 11.8 Å². The number of hydrogen-bond donors (Lipinski definition) is 0. The van der Waals surface area contributed by atoms with Crippen LogP contribution >= 0.6 is 11.8 Å². The van der Waals surface area contributed by atoms with Gasteiger partial charge in [0, 0.05) is 0 Å². The molecule has 16 heavy (non-hydrogen) atoms. The molecule has 0 aliphatic rings. The molecule has 0 aliphatic heterocycles. The fourth-order valence-electron chi connectivity index (χ4n) is 0.818. The van der Waals surface area contributed by atoms with Gasteiger partial charge in [0.1, 0.15) is 6.20 Å². The monoisotopic (exact) mass is 245 g/mol. The molecule has 0 bridgehead atoms. The van der Waals surface area contributed by atoms with Crippen LogP contribution in [0.1, 0.15) is 13.8 Å². The molecule has 7 nitrogen and oxygen atoms in total. The van der Waals surface area contributed by atoms with Crippen molar-refractivity contribution in [1.29, 1.82) is 0 Å². The summed E-state index contributed by atoms with van der Waals surface area (Å²) in [7, 11) is 0. The molecule has 1 aromatic rings. The Labute approximate surface area is 96.2 Å². The van der Waals surface area contributed by atoms with Crippen LogP contribution in [0.25, 0.3) is 0 Å². The van der Waals surface area contributed by atoms with Crippen LogP contribution < -0.4 is 0 Å². The summed E-state index contributed by atoms with van der Waals surface area (Å²) >= 11 is 1.07. The number of nitro groups is 2. The van der Waals surface area contributed by atoms with Crippen molar-refractivity contribution in [3.05, 3.63) is 32.5 Å². The molecule has 0 aliphatic carbocycles. The van der Waals surface area contributed by atoms with E-state index in [-0.39, 0.29) is 16.4 Å². The van der Waals surface area contributed by atoms with Crippen molar-refractivity contribution in [1.82, 2.24) is 4.98 Å². The molecule has 1 aromatic heterocycles. The zero-order valence-corrected chi connectivity index (χ0v) is 9.85. The van der Waals surface area contributed by atoms with Gasteiger partial charge in [0.05, 0.1) is 15.9 Å². The predicted octanol–water partition coefficient (Wildman–Crippen LogP) is 2.65. The first kappa shape index (κ1) is 14.3. The van der Waals surface area contributed by atoms with E-state index in [1.807, 2.05) is 13.8 Å². The summed E-state index contributed by atoms with van der Waals surface area (Å²) in [5.41, 5.74) is -0.721. The van der Waals surface area contributed by atoms with Gasteiger partial charge in [-0.05, 0) is 6.26 Å². The maximum absolute atomic E-state index is 10.5. The third kappa shape index (κ3) is 3.46. The normalized spacial score (nSPS) is 8.94. The van der Waals surface area contributed by atoms with Gasteiger partial charge in [0.2, 0.25) is 0 Å². The summed E-state index contributed by atoms with van der Waals surface area (Å²) < 4.78 is 0. The lowest BCUT2D eigenvalue weighted by atomic mass is 10.4. The van der Waals surface area contributed by atoms with Gasteiger partial charge in [-0.3, -0.25) is 20.2 Å². The van der Waals surface area contributed by atoms with Gasteiger partial charge < -0.3 is 0 Å². The Bertz CT molecular complexity index is 397. The molecule has 0 atom stereocenters. The van der Waals surface area contributed by atoms with Crippen molar-refractivity contribution in [2.75, 3.05) is 6.26 Å². The Morgan fingerprint density at radius 3 is 2.19 bits per heavy atom. The number of hydrogen-bond acceptors (Lipinski definition) is 6. The Hall–Kier alpha value is -1.70. The van der Waals surface area contributed by atoms with E-state index in [1.165, 1.54) is 0 Å². The quantitative estimate of drug-likeness (QED) is 0.461. The molecule has 1 heterocycles. The van der Waals surface area contributed by atoms with Crippen LogP contribution in [-0.4, -0.2) is 21.1 Å². The largest absolute Gasteiger partial charge is 0.308 e. The molecule has 0 aromatic carbocycles. The van der Waals surface area contributed by atoms with Crippen LogP contribution in [0.3, 0.4) is 0 Å². The van der Waals surface area contributed by atoms with Gasteiger partial charge in [-0.2, -0.15) is 0 Å². The lowest BCUT2D eigenvalue weighted by Gasteiger charge is -1.97. The van der Waals surface area contributed by atoms with Crippen LogP contribution in [-0.2, 0) is 0 Å². The van der Waals surface area contributed by atoms with Gasteiger partial charge >= 0.3 is 5.69 Å². The molecule has 0 unspecified atom stereocenters. The van der Waals surface area contributed by atoms with Crippen molar-refractivity contribution < 1.29 is 9.85 Å². The summed E-state index contributed by atoms with van der Waals surface area (Å²) in [6.45, 7) is 4.00. The Balaban J connectivity index is 0.00000106. The van der Waals surface area contributed by atoms with Crippen molar-refractivity contribution >= 4 is 23.1 Å². The van der Waals surface area contributed by atoms with Crippen molar-refractivity contribution in [2.45, 2.75) is 18.9 Å². The standard InChI is InChI=1S/C6H5N3O4S.C2H6/c1-14-6-5(9(12)13)2-4(3-7-6)8(10)11;1-2/h2-3H,1H3;1-2H3. The zero-order valence-electron chi connectivity index (χ0n) is 9.04. The molecule has 0 N–H and O–H groups in total. The fourth-order valence-corrected chi connectivity index (χ4v) is 1.32. The van der Waals surface area contributed by atoms with Crippen molar-refractivity contribution in [3.63, 3.8) is 0 Å². The average Bonchev–Trinajstić information content (AvgIpc) is 2.30. The van der Waals surface area contributed by atoms with Crippen LogP contribution in [0, 0.1) is 20.2 Å². The number of aromatic nitrogens is 1. The zero-order chi connectivity index (χ0) is 12.7. The molecule has 0 amide bonds. The fraction of sp³-hybridized carbons (Fsp3) is 0.375. The molecule has 0 spiro atoms. The summed E-state index contributed by atoms with van der Waals surface area (Å²) in [4.78, 5) is 23.0. The molecular formula is C8H11N3O4S. The Morgan fingerprint density at radius 2 is 1.81 bits per heavy atom. The average molecular weight is 245 g/mol. The highest BCUT2D eigenvalue weighted by Gasteiger charge is 2.19. The minimum atomic E-state index is -0.718. The minimum Gasteiger partial charge on any atom is -0.258 e. The molecular weight excluding hydrogens is 234 g/mol. The van der Waals surface area contributed by atoms with E-state index in [2.05, 4.69) is 4.98 Å². The summed E-state index contributed by atoms with van der Waals surface area (Å²) in [5, 5.41) is 21.0. The first-order valence-electron chi connectivity index (χ1n) is 4.39. The third-order valence-electron chi connectivity index (χ3n) is 1.42. The van der Waals surface area contributed by atoms with E-state index in [9.17, 15) is 20.2 Å². The number of pyridine rings is 1. The minimum absolute atomic E-state index is 0.167. The molecule has 1 rings (SSSR count). The van der Waals surface area contributed by atoms with Crippen LogP contribution in [0.5, 0.6) is 0 Å². The van der Waals surface area contributed by atoms with Gasteiger partial charge in [-0.1, -0.05) is 13.8 Å². The lowest BCUT2D eigenvalue weighted by Crippen LogP contribution is -1.96. The SMILES string of the molecule is CC.CSc1ncc([N+](=O)[O-])cc1[N+](=O)[O-]. The van der Waals surface area contributed by atoms with Crippen LogP contribution in [0.15, 0.2) is 17.3 Å². The molecule has 0 fully saturated rings. The van der Waals surface area contributed by atoms with E-state index in [1.54, 1.807) is 6.26 Å². The number of thioether (sulfide) groups is 1. The highest BCUT2D eigenvalue weighted by Crippen LogP contribution is 2.28. The van der Waals surface area contributed by atoms with E-state index < -0.39 is 9.85 Å². The molecule has 8 heteroatoms. The highest BCUT2D eigenvalue weighted by molar-refractivity contribution is 7.98. The smallest absolute Gasteiger partial charge is 0.258 e. The molecule has 0 saturated carbocycles. The predicted molar refractivity (Wildman–Crippen MR) is 60.7 cm³/mol. The second kappa shape index (κ2) is 6.72. The third-order valence-corrected chi connectivity index (χ3v) is 2.12. The van der Waals surface area contributed by atoms with E-state index in [4.69, 9.17) is 0 Å². The highest BCUT2D eigenvalue weighted by atomic mass is 32.2. The maximum Gasteiger partial charge on any atom is 0.308 e. The summed E-state index contributed by atoms with van der Waals surface area (Å²) in [5.74, 6) is 0. The Kier molecular flexibility index (Phi) is 6.01. The molecule has 0 saturated heterocycles. The van der Waals surface area contributed by atoms with Gasteiger partial charge in [0.25, 0.3) is 5.69 Å². The van der Waals surface area contributed by atoms with Gasteiger partial charge in [0.15, 0.2) is 5.03 Å². The summed E-state index contributed by atoms with van der Waals surface area (Å²) in [6, 6.07) is 0.902. The van der Waals surface area contributed by atoms with Crippen molar-refractivity contribution in [3.8, 4) is 0 Å². The molecule has 0 radical (unpaired) electrons. The van der Waals surface area contributed by atoms with E-state index in [0.717, 1.165) is 24.0 Å². The second-order valence-electron chi connectivity index (χ2n) is 2.24. The molecule has 88 valence electrons. The maximum atomic E-state index is 10.5. The lowest BCUT2D eigenvalue weighted by molar-refractivity contribution is -0.396. The van der Waals surface area contributed by atoms with Crippen LogP contribution in [0.2, 0.25) is 0 Å². The Morgan fingerprint density at radius 1 is 1.25 bits per heavy atom. The van der Waals surface area contributed by atoms with Crippen molar-refractivity contribution in [2.24, 2.45) is 0 Å². The first-order valence-corrected chi connectivity index (χ1v) is 5.61. The number of rotatable bonds is 3. The van der Waals surface area contributed by atoms with E-state index >= 15 is 0 Å². The van der Waals surface area contributed by atoms with E-state index in [0.29, 0.717) is 0 Å². The van der Waals surface area contributed by atoms with Gasteiger partial charge in [-0.25, -0.2) is 4.98 Å². The topological polar surface area (TPSA) is 99.2 Å². The number of nitrogens with zero attached hydrogens (tertiary/aromatic N) is 3. The summed E-state index contributed by atoms with van der Waals surface area (Å²) in [6.07, 6.45) is 2.61. The first-order chi connectivity index (χ1) is 7.56. The van der Waals surface area contributed by atoms with Crippen LogP contribution in [0.4, 0.5) is 11.4 Å².